The van der Waals surface area contributed by atoms with Gasteiger partial charge in [-0.05, 0) is 84.7 Å². The minimum absolute atomic E-state index is 0.194. The van der Waals surface area contributed by atoms with Crippen LogP contribution in [0, 0.1) is 13.8 Å². The molecule has 3 aromatic rings. The Morgan fingerprint density at radius 1 is 0.844 bits per heavy atom. The normalized spacial score (nSPS) is 12.1. The number of carbonyl (C=O) groups is 1. The molecule has 0 amide bonds. The summed E-state index contributed by atoms with van der Waals surface area (Å²) in [6.07, 6.45) is 7.10. The third-order valence-electron chi connectivity index (χ3n) is 5.13. The van der Waals surface area contributed by atoms with E-state index < -0.39 is 5.97 Å². The van der Waals surface area contributed by atoms with Gasteiger partial charge >= 0.3 is 5.97 Å². The lowest BCUT2D eigenvalue weighted by Crippen LogP contribution is -2.10. The fraction of sp³-hybridized carbons (Fsp3) is 0.0741. The van der Waals surface area contributed by atoms with Crippen molar-refractivity contribution < 1.29 is 24.5 Å². The summed E-state index contributed by atoms with van der Waals surface area (Å²) in [5.74, 6) is 0.340. The number of benzene rings is 3. The Balaban J connectivity index is 1.55. The highest BCUT2D eigenvalue weighted by Gasteiger charge is 2.16. The summed E-state index contributed by atoms with van der Waals surface area (Å²) in [4.78, 5) is 12.9. The molecule has 0 aromatic heterocycles. The SMILES string of the molecule is Cc1cc(-c2ccccc2C(=O)Oc2ccc(OC(O)=C3C=CC=C3)c(C)c2)ccc1O. The average molecular weight is 426 g/mol. The molecule has 4 rings (SSSR count). The average Bonchev–Trinajstić information content (AvgIpc) is 3.33. The maximum absolute atomic E-state index is 12.9. The number of hydrogen-bond acceptors (Lipinski definition) is 5. The highest BCUT2D eigenvalue weighted by molar-refractivity contribution is 5.98. The number of rotatable bonds is 5. The van der Waals surface area contributed by atoms with E-state index in [0.29, 0.717) is 33.8 Å². The van der Waals surface area contributed by atoms with Gasteiger partial charge in [-0.1, -0.05) is 36.4 Å². The van der Waals surface area contributed by atoms with Crippen molar-refractivity contribution >= 4 is 5.97 Å². The molecule has 3 aromatic carbocycles. The molecule has 0 aliphatic heterocycles. The number of phenols is 1. The Morgan fingerprint density at radius 2 is 1.59 bits per heavy atom. The number of aryl methyl sites for hydroxylation is 2. The first-order chi connectivity index (χ1) is 15.4. The van der Waals surface area contributed by atoms with Crippen molar-refractivity contribution in [3.05, 3.63) is 113 Å². The fourth-order valence-corrected chi connectivity index (χ4v) is 3.38. The van der Waals surface area contributed by atoms with Crippen LogP contribution in [0.15, 0.2) is 96.5 Å². The van der Waals surface area contributed by atoms with Gasteiger partial charge in [0.25, 0.3) is 5.95 Å². The number of allylic oxidation sites excluding steroid dienone is 5. The zero-order chi connectivity index (χ0) is 22.7. The molecule has 1 aliphatic carbocycles. The third-order valence-corrected chi connectivity index (χ3v) is 5.13. The summed E-state index contributed by atoms with van der Waals surface area (Å²) >= 11 is 0. The maximum Gasteiger partial charge on any atom is 0.344 e. The van der Waals surface area contributed by atoms with Gasteiger partial charge < -0.3 is 19.7 Å². The molecule has 0 unspecified atom stereocenters. The first-order valence-corrected chi connectivity index (χ1v) is 10.1. The van der Waals surface area contributed by atoms with E-state index in [1.165, 1.54) is 0 Å². The number of phenolic OH excluding ortho intramolecular Hbond substituents is 1. The van der Waals surface area contributed by atoms with Crippen LogP contribution in [0.25, 0.3) is 11.1 Å². The van der Waals surface area contributed by atoms with Gasteiger partial charge in [-0.25, -0.2) is 4.79 Å². The lowest BCUT2D eigenvalue weighted by atomic mass is 9.98. The zero-order valence-electron chi connectivity index (χ0n) is 17.7. The summed E-state index contributed by atoms with van der Waals surface area (Å²) in [5.41, 5.74) is 3.95. The van der Waals surface area contributed by atoms with Crippen molar-refractivity contribution in [3.63, 3.8) is 0 Å². The molecule has 5 nitrogen and oxygen atoms in total. The number of aliphatic hydroxyl groups is 1. The van der Waals surface area contributed by atoms with E-state index in [4.69, 9.17) is 9.47 Å². The Hall–Kier alpha value is -4.25. The van der Waals surface area contributed by atoms with E-state index in [1.54, 1.807) is 68.5 Å². The van der Waals surface area contributed by atoms with Gasteiger partial charge in [-0.15, -0.1) is 0 Å². The van der Waals surface area contributed by atoms with Gasteiger partial charge in [-0.3, -0.25) is 0 Å². The van der Waals surface area contributed by atoms with Crippen LogP contribution in [0.5, 0.6) is 17.2 Å². The molecular weight excluding hydrogens is 404 g/mol. The summed E-state index contributed by atoms with van der Waals surface area (Å²) in [6.45, 7) is 3.61. The zero-order valence-corrected chi connectivity index (χ0v) is 17.7. The summed E-state index contributed by atoms with van der Waals surface area (Å²) in [5, 5.41) is 19.9. The van der Waals surface area contributed by atoms with Crippen LogP contribution in [0.2, 0.25) is 0 Å². The highest BCUT2D eigenvalue weighted by Crippen LogP contribution is 2.30. The van der Waals surface area contributed by atoms with E-state index in [-0.39, 0.29) is 11.7 Å². The molecule has 160 valence electrons. The Bertz CT molecular complexity index is 1270. The summed E-state index contributed by atoms with van der Waals surface area (Å²) < 4.78 is 11.2. The second-order valence-corrected chi connectivity index (χ2v) is 7.44. The minimum atomic E-state index is -0.495. The molecule has 0 radical (unpaired) electrons. The fourth-order valence-electron chi connectivity index (χ4n) is 3.38. The minimum Gasteiger partial charge on any atom is -0.508 e. The number of esters is 1. The number of ether oxygens (including phenoxy) is 2. The molecule has 0 atom stereocenters. The lowest BCUT2D eigenvalue weighted by Gasteiger charge is -2.13. The quantitative estimate of drug-likeness (QED) is 0.290. The first kappa shape index (κ1) is 21.0. The molecule has 32 heavy (non-hydrogen) atoms. The highest BCUT2D eigenvalue weighted by atomic mass is 16.6. The standard InChI is InChI=1S/C27H22O5/c1-17-15-20(11-13-24(17)28)22-9-5-6-10-23(22)27(30)31-21-12-14-25(18(2)16-21)32-26(29)19-7-3-4-8-19/h3-16,28-29H,1-2H3. The Labute approximate surface area is 186 Å². The van der Waals surface area contributed by atoms with Crippen LogP contribution in [-0.2, 0) is 0 Å². The van der Waals surface area contributed by atoms with Gasteiger partial charge in [-0.2, -0.15) is 0 Å². The molecule has 2 N–H and O–H groups in total. The van der Waals surface area contributed by atoms with E-state index in [0.717, 1.165) is 11.1 Å². The second-order valence-electron chi connectivity index (χ2n) is 7.44. The molecular formula is C27H22O5. The van der Waals surface area contributed by atoms with Crippen molar-refractivity contribution in [1.29, 1.82) is 0 Å². The van der Waals surface area contributed by atoms with Crippen LogP contribution in [0.3, 0.4) is 0 Å². The van der Waals surface area contributed by atoms with E-state index in [1.807, 2.05) is 30.4 Å². The first-order valence-electron chi connectivity index (χ1n) is 10.1. The van der Waals surface area contributed by atoms with E-state index in [2.05, 4.69) is 0 Å². The number of aromatic hydroxyl groups is 1. The summed E-state index contributed by atoms with van der Waals surface area (Å²) in [7, 11) is 0. The monoisotopic (exact) mass is 426 g/mol. The van der Waals surface area contributed by atoms with Crippen molar-refractivity contribution in [2.75, 3.05) is 0 Å². The Morgan fingerprint density at radius 3 is 2.31 bits per heavy atom. The van der Waals surface area contributed by atoms with Gasteiger partial charge in [0.2, 0.25) is 0 Å². The number of hydrogen-bond donors (Lipinski definition) is 2. The molecule has 0 fully saturated rings. The molecule has 0 saturated carbocycles. The molecule has 0 spiro atoms. The van der Waals surface area contributed by atoms with Gasteiger partial charge in [0.15, 0.2) is 0 Å². The molecule has 0 saturated heterocycles. The predicted molar refractivity (Wildman–Crippen MR) is 123 cm³/mol. The summed E-state index contributed by atoms with van der Waals surface area (Å²) in [6, 6.07) is 17.3. The third kappa shape index (κ3) is 4.42. The van der Waals surface area contributed by atoms with Crippen molar-refractivity contribution in [1.82, 2.24) is 0 Å². The maximum atomic E-state index is 12.9. The molecule has 1 aliphatic rings. The molecule has 5 heteroatoms. The van der Waals surface area contributed by atoms with Crippen molar-refractivity contribution in [2.24, 2.45) is 0 Å². The van der Waals surface area contributed by atoms with Crippen LogP contribution >= 0.6 is 0 Å². The van der Waals surface area contributed by atoms with Crippen molar-refractivity contribution in [3.8, 4) is 28.4 Å². The van der Waals surface area contributed by atoms with Crippen LogP contribution in [0.4, 0.5) is 0 Å². The van der Waals surface area contributed by atoms with E-state index in [9.17, 15) is 15.0 Å². The second kappa shape index (κ2) is 8.86. The molecule has 0 heterocycles. The van der Waals surface area contributed by atoms with Crippen LogP contribution in [-0.4, -0.2) is 16.2 Å². The topological polar surface area (TPSA) is 76.0 Å². The Kier molecular flexibility index (Phi) is 5.81. The largest absolute Gasteiger partial charge is 0.508 e. The lowest BCUT2D eigenvalue weighted by molar-refractivity contribution is 0.0735. The number of aliphatic hydroxyl groups excluding tert-OH is 1. The molecule has 0 bridgehead atoms. The van der Waals surface area contributed by atoms with Crippen LogP contribution < -0.4 is 9.47 Å². The number of carbonyl (C=O) groups excluding carboxylic acids is 1. The smallest absolute Gasteiger partial charge is 0.344 e. The van der Waals surface area contributed by atoms with Gasteiger partial charge in [0.1, 0.15) is 17.2 Å². The predicted octanol–water partition coefficient (Wildman–Crippen LogP) is 6.17. The van der Waals surface area contributed by atoms with Crippen LogP contribution in [0.1, 0.15) is 21.5 Å². The van der Waals surface area contributed by atoms with Gasteiger partial charge in [0, 0.05) is 0 Å². The van der Waals surface area contributed by atoms with Crippen molar-refractivity contribution in [2.45, 2.75) is 13.8 Å². The van der Waals surface area contributed by atoms with Gasteiger partial charge in [0.05, 0.1) is 11.1 Å². The van der Waals surface area contributed by atoms with E-state index >= 15 is 0 Å².